The molecule has 5 heteroatoms. The Balaban J connectivity index is 2.20. The van der Waals surface area contributed by atoms with E-state index in [4.69, 9.17) is 10.5 Å². The number of ether oxygens (including phenoxy) is 1. The number of rotatable bonds is 1. The number of hydrogen-bond acceptors (Lipinski definition) is 5. The summed E-state index contributed by atoms with van der Waals surface area (Å²) in [6.45, 7) is 8.07. The number of nitrogens with two attached hydrogens (primary N) is 1. The van der Waals surface area contributed by atoms with Crippen LogP contribution in [-0.2, 0) is 4.74 Å². The second-order valence-electron chi connectivity index (χ2n) is 4.16. The summed E-state index contributed by atoms with van der Waals surface area (Å²) >= 11 is 1.48. The third-order valence-electron chi connectivity index (χ3n) is 2.64. The molecule has 0 aromatic carbocycles. The van der Waals surface area contributed by atoms with Crippen molar-refractivity contribution in [2.24, 2.45) is 0 Å². The maximum atomic E-state index is 5.76. The molecule has 2 heterocycles. The fourth-order valence-corrected chi connectivity index (χ4v) is 2.81. The monoisotopic (exact) mass is 227 g/mol. The Morgan fingerprint density at radius 1 is 1.40 bits per heavy atom. The Labute approximate surface area is 94.2 Å². The molecule has 1 aliphatic heterocycles. The van der Waals surface area contributed by atoms with Crippen LogP contribution in [0.15, 0.2) is 0 Å². The van der Waals surface area contributed by atoms with Gasteiger partial charge in [0.05, 0.1) is 12.2 Å². The first-order chi connectivity index (χ1) is 7.08. The summed E-state index contributed by atoms with van der Waals surface area (Å²) in [5, 5.41) is 1.19. The number of aromatic nitrogens is 1. The van der Waals surface area contributed by atoms with Gasteiger partial charge in [0.1, 0.15) is 10.8 Å². The number of anilines is 2. The van der Waals surface area contributed by atoms with E-state index in [0.717, 1.165) is 18.7 Å². The first-order valence-corrected chi connectivity index (χ1v) is 5.97. The van der Waals surface area contributed by atoms with Gasteiger partial charge in [0.15, 0.2) is 0 Å². The number of morpholine rings is 1. The molecule has 0 unspecified atom stereocenters. The van der Waals surface area contributed by atoms with Crippen LogP contribution in [0.1, 0.15) is 19.4 Å². The third-order valence-corrected chi connectivity index (χ3v) is 3.67. The van der Waals surface area contributed by atoms with Crippen LogP contribution in [0.25, 0.3) is 0 Å². The molecule has 4 nitrogen and oxygen atoms in total. The van der Waals surface area contributed by atoms with E-state index >= 15 is 0 Å². The maximum absolute atomic E-state index is 5.76. The summed E-state index contributed by atoms with van der Waals surface area (Å²) in [6.07, 6.45) is 0.549. The minimum absolute atomic E-state index is 0.275. The molecule has 2 atom stereocenters. The van der Waals surface area contributed by atoms with Crippen molar-refractivity contribution >= 4 is 22.4 Å². The Bertz CT molecular complexity index is 342. The van der Waals surface area contributed by atoms with Gasteiger partial charge in [0, 0.05) is 18.7 Å². The van der Waals surface area contributed by atoms with E-state index in [1.54, 1.807) is 0 Å². The molecule has 1 aromatic rings. The number of nitrogens with zero attached hydrogens (tertiary/aromatic N) is 2. The van der Waals surface area contributed by atoms with E-state index in [1.807, 2.05) is 6.92 Å². The highest BCUT2D eigenvalue weighted by Crippen LogP contribution is 2.31. The van der Waals surface area contributed by atoms with Crippen LogP contribution in [0, 0.1) is 6.92 Å². The second-order valence-corrected chi connectivity index (χ2v) is 4.91. The molecule has 1 saturated heterocycles. The lowest BCUT2D eigenvalue weighted by molar-refractivity contribution is -0.00503. The molecule has 0 aliphatic carbocycles. The average molecular weight is 227 g/mol. The predicted molar refractivity (Wildman–Crippen MR) is 63.5 cm³/mol. The molecule has 0 radical (unpaired) electrons. The molecule has 2 N–H and O–H groups in total. The maximum Gasteiger partial charge on any atom is 0.142 e. The van der Waals surface area contributed by atoms with Gasteiger partial charge in [-0.25, -0.2) is 0 Å². The summed E-state index contributed by atoms with van der Waals surface area (Å²) in [5.74, 6) is 0.654. The highest BCUT2D eigenvalue weighted by Gasteiger charge is 2.25. The van der Waals surface area contributed by atoms with Gasteiger partial charge in [0.2, 0.25) is 0 Å². The van der Waals surface area contributed by atoms with Crippen molar-refractivity contribution in [1.29, 1.82) is 0 Å². The van der Waals surface area contributed by atoms with Crippen molar-refractivity contribution in [2.75, 3.05) is 23.7 Å². The van der Waals surface area contributed by atoms with E-state index < -0.39 is 0 Å². The van der Waals surface area contributed by atoms with E-state index in [1.165, 1.54) is 16.5 Å². The van der Waals surface area contributed by atoms with Gasteiger partial charge in [0.25, 0.3) is 0 Å². The quantitative estimate of drug-likeness (QED) is 0.792. The molecule has 1 aliphatic rings. The van der Waals surface area contributed by atoms with Crippen LogP contribution in [-0.4, -0.2) is 29.7 Å². The van der Waals surface area contributed by atoms with E-state index in [0.29, 0.717) is 5.82 Å². The molecular weight excluding hydrogens is 210 g/mol. The van der Waals surface area contributed by atoms with Crippen molar-refractivity contribution < 1.29 is 4.74 Å². The van der Waals surface area contributed by atoms with Gasteiger partial charge in [-0.1, -0.05) is 0 Å². The molecule has 1 fully saturated rings. The molecule has 0 amide bonds. The summed E-state index contributed by atoms with van der Waals surface area (Å²) in [7, 11) is 0. The van der Waals surface area contributed by atoms with Gasteiger partial charge in [-0.15, -0.1) is 0 Å². The standard InChI is InChI=1S/C10H17N3OS/c1-6-4-13(5-7(2)14-6)10-8(3)9(11)12-15-10/h6-7H,4-5H2,1-3H3,(H2,11,12)/t6-,7+. The summed E-state index contributed by atoms with van der Waals surface area (Å²) < 4.78 is 9.87. The first-order valence-electron chi connectivity index (χ1n) is 5.20. The smallest absolute Gasteiger partial charge is 0.142 e. The minimum atomic E-state index is 0.275. The molecule has 2 rings (SSSR count). The molecular formula is C10H17N3OS. The fraction of sp³-hybridized carbons (Fsp3) is 0.700. The van der Waals surface area contributed by atoms with Gasteiger partial charge in [-0.05, 0) is 32.3 Å². The lowest BCUT2D eigenvalue weighted by atomic mass is 10.2. The van der Waals surface area contributed by atoms with Crippen molar-refractivity contribution in [3.63, 3.8) is 0 Å². The second kappa shape index (κ2) is 3.98. The molecule has 15 heavy (non-hydrogen) atoms. The summed E-state index contributed by atoms with van der Waals surface area (Å²) in [6, 6.07) is 0. The van der Waals surface area contributed by atoms with Gasteiger partial charge >= 0.3 is 0 Å². The van der Waals surface area contributed by atoms with Gasteiger partial charge < -0.3 is 15.4 Å². The SMILES string of the molecule is Cc1c(N)nsc1N1C[C@@H](C)O[C@@H](C)C1. The topological polar surface area (TPSA) is 51.4 Å². The lowest BCUT2D eigenvalue weighted by Crippen LogP contribution is -2.45. The molecule has 84 valence electrons. The van der Waals surface area contributed by atoms with Crippen molar-refractivity contribution in [3.05, 3.63) is 5.56 Å². The van der Waals surface area contributed by atoms with Crippen molar-refractivity contribution in [3.8, 4) is 0 Å². The highest BCUT2D eigenvalue weighted by molar-refractivity contribution is 7.10. The molecule has 0 bridgehead atoms. The van der Waals surface area contributed by atoms with Gasteiger partial charge in [-0.2, -0.15) is 4.37 Å². The van der Waals surface area contributed by atoms with Crippen LogP contribution < -0.4 is 10.6 Å². The zero-order chi connectivity index (χ0) is 11.0. The Hall–Kier alpha value is -0.810. The lowest BCUT2D eigenvalue weighted by Gasteiger charge is -2.36. The largest absolute Gasteiger partial charge is 0.383 e. The highest BCUT2D eigenvalue weighted by atomic mass is 32.1. The van der Waals surface area contributed by atoms with E-state index in [2.05, 4.69) is 23.1 Å². The zero-order valence-electron chi connectivity index (χ0n) is 9.36. The Morgan fingerprint density at radius 3 is 2.47 bits per heavy atom. The minimum Gasteiger partial charge on any atom is -0.383 e. The van der Waals surface area contributed by atoms with E-state index in [9.17, 15) is 0 Å². The van der Waals surface area contributed by atoms with E-state index in [-0.39, 0.29) is 12.2 Å². The fourth-order valence-electron chi connectivity index (χ4n) is 1.98. The van der Waals surface area contributed by atoms with Crippen LogP contribution in [0.2, 0.25) is 0 Å². The van der Waals surface area contributed by atoms with Crippen molar-refractivity contribution in [2.45, 2.75) is 33.0 Å². The van der Waals surface area contributed by atoms with Crippen LogP contribution in [0.5, 0.6) is 0 Å². The first kappa shape index (κ1) is 10.7. The molecule has 0 saturated carbocycles. The van der Waals surface area contributed by atoms with Crippen LogP contribution in [0.4, 0.5) is 10.8 Å². The number of nitrogen functional groups attached to an aromatic ring is 1. The van der Waals surface area contributed by atoms with Gasteiger partial charge in [-0.3, -0.25) is 0 Å². The average Bonchev–Trinajstić information content (AvgIpc) is 2.46. The van der Waals surface area contributed by atoms with Crippen molar-refractivity contribution in [1.82, 2.24) is 4.37 Å². The zero-order valence-corrected chi connectivity index (χ0v) is 10.2. The summed E-state index contributed by atoms with van der Waals surface area (Å²) in [4.78, 5) is 2.32. The Morgan fingerprint density at radius 2 is 2.00 bits per heavy atom. The Kier molecular flexibility index (Phi) is 2.84. The molecule has 1 aromatic heterocycles. The normalized spacial score (nSPS) is 27.0. The summed E-state index contributed by atoms with van der Waals surface area (Å²) in [5.41, 5.74) is 6.86. The molecule has 0 spiro atoms. The predicted octanol–water partition coefficient (Wildman–Crippen LogP) is 1.65. The third kappa shape index (κ3) is 2.08. The van der Waals surface area contributed by atoms with Crippen LogP contribution in [0.3, 0.4) is 0 Å². The number of hydrogen-bond donors (Lipinski definition) is 1. The van der Waals surface area contributed by atoms with Crippen LogP contribution >= 0.6 is 11.5 Å².